The third-order valence-corrected chi connectivity index (χ3v) is 5.27. The number of nitrogens with one attached hydrogen (secondary N) is 1. The van der Waals surface area contributed by atoms with Crippen molar-refractivity contribution in [2.45, 2.75) is 32.4 Å². The zero-order valence-corrected chi connectivity index (χ0v) is 15.5. The molecule has 2 atom stereocenters. The van der Waals surface area contributed by atoms with Crippen molar-refractivity contribution < 1.29 is 9.21 Å². The molecule has 0 unspecified atom stereocenters. The lowest BCUT2D eigenvalue weighted by molar-refractivity contribution is -0.119. The number of carbonyl (C=O) groups is 1. The van der Waals surface area contributed by atoms with Gasteiger partial charge in [0.15, 0.2) is 0 Å². The van der Waals surface area contributed by atoms with E-state index in [4.69, 9.17) is 4.42 Å². The second-order valence-electron chi connectivity index (χ2n) is 7.38. The van der Waals surface area contributed by atoms with Gasteiger partial charge in [-0.3, -0.25) is 9.69 Å². The average Bonchev–Trinajstić information content (AvgIpc) is 3.27. The largest absolute Gasteiger partial charge is 0.466 e. The normalized spacial score (nSPS) is 20.7. The zero-order chi connectivity index (χ0) is 18.3. The maximum absolute atomic E-state index is 11.6. The van der Waals surface area contributed by atoms with E-state index in [-0.39, 0.29) is 17.9 Å². The Labute approximate surface area is 153 Å². The first-order valence-electron chi connectivity index (χ1n) is 9.09. The Bertz CT molecular complexity index is 940. The predicted molar refractivity (Wildman–Crippen MR) is 102 cm³/mol. The van der Waals surface area contributed by atoms with Crippen molar-refractivity contribution in [1.29, 1.82) is 0 Å². The van der Waals surface area contributed by atoms with Gasteiger partial charge in [0, 0.05) is 45.3 Å². The summed E-state index contributed by atoms with van der Waals surface area (Å²) >= 11 is 0. The Balaban J connectivity index is 1.53. The summed E-state index contributed by atoms with van der Waals surface area (Å²) in [5, 5.41) is 4.37. The lowest BCUT2D eigenvalue weighted by atomic mass is 10.0. The molecule has 0 saturated carbocycles. The van der Waals surface area contributed by atoms with Crippen LogP contribution in [0.4, 0.5) is 0 Å². The molecule has 3 heterocycles. The highest BCUT2D eigenvalue weighted by molar-refractivity contribution is 5.80. The maximum atomic E-state index is 11.6. The van der Waals surface area contributed by atoms with Gasteiger partial charge in [-0.05, 0) is 48.2 Å². The van der Waals surface area contributed by atoms with Crippen molar-refractivity contribution in [2.24, 2.45) is 7.05 Å². The molecule has 1 aliphatic heterocycles. The van der Waals surface area contributed by atoms with E-state index in [1.165, 1.54) is 16.5 Å². The van der Waals surface area contributed by atoms with Crippen LogP contribution in [0.5, 0.6) is 0 Å². The van der Waals surface area contributed by atoms with E-state index in [0.29, 0.717) is 0 Å². The lowest BCUT2D eigenvalue weighted by Gasteiger charge is -2.17. The van der Waals surface area contributed by atoms with Crippen molar-refractivity contribution >= 4 is 16.8 Å². The van der Waals surface area contributed by atoms with E-state index in [2.05, 4.69) is 52.3 Å². The second-order valence-corrected chi connectivity index (χ2v) is 7.38. The Hall–Kier alpha value is -2.53. The van der Waals surface area contributed by atoms with E-state index in [1.807, 2.05) is 19.1 Å². The summed E-state index contributed by atoms with van der Waals surface area (Å²) in [5.41, 5.74) is 2.54. The Kier molecular flexibility index (Phi) is 4.32. The Morgan fingerprint density at radius 3 is 2.81 bits per heavy atom. The summed E-state index contributed by atoms with van der Waals surface area (Å²) in [7, 11) is 2.07. The van der Waals surface area contributed by atoms with Gasteiger partial charge in [0.05, 0.1) is 12.0 Å². The SMILES string of the molecule is CC(=O)N[C@@H]1CN(Cc2ccc3c(ccn3C)c2)C[C@H]1c1ccc(C)o1. The molecule has 5 nitrogen and oxygen atoms in total. The minimum atomic E-state index is 0.0100. The number of likely N-dealkylation sites (tertiary alicyclic amines) is 1. The summed E-state index contributed by atoms with van der Waals surface area (Å²) in [5.74, 6) is 2.07. The third-order valence-electron chi connectivity index (χ3n) is 5.27. The first-order valence-corrected chi connectivity index (χ1v) is 9.09. The number of nitrogens with zero attached hydrogens (tertiary/aromatic N) is 2. The predicted octanol–water partition coefficient (Wildman–Crippen LogP) is 3.18. The van der Waals surface area contributed by atoms with E-state index >= 15 is 0 Å². The van der Waals surface area contributed by atoms with Crippen LogP contribution in [0.15, 0.2) is 47.0 Å². The molecule has 0 bridgehead atoms. The number of hydrogen-bond acceptors (Lipinski definition) is 3. The minimum absolute atomic E-state index is 0.0100. The van der Waals surface area contributed by atoms with Crippen LogP contribution in [0, 0.1) is 6.92 Å². The first kappa shape index (κ1) is 16.9. The molecule has 0 aliphatic carbocycles. The van der Waals surface area contributed by atoms with Crippen molar-refractivity contribution in [1.82, 2.24) is 14.8 Å². The Morgan fingerprint density at radius 1 is 1.23 bits per heavy atom. The van der Waals surface area contributed by atoms with E-state index < -0.39 is 0 Å². The minimum Gasteiger partial charge on any atom is -0.466 e. The van der Waals surface area contributed by atoms with Crippen LogP contribution in [0.3, 0.4) is 0 Å². The van der Waals surface area contributed by atoms with Gasteiger partial charge in [0.2, 0.25) is 5.91 Å². The first-order chi connectivity index (χ1) is 12.5. The molecule has 0 spiro atoms. The number of fused-ring (bicyclic) bond motifs is 1. The highest BCUT2D eigenvalue weighted by atomic mass is 16.3. The van der Waals surface area contributed by atoms with Gasteiger partial charge in [-0.2, -0.15) is 0 Å². The number of rotatable bonds is 4. The standard InChI is InChI=1S/C21H25N3O2/c1-14-4-7-21(26-14)18-12-24(13-19(18)22-15(2)25)11-16-5-6-20-17(10-16)8-9-23(20)3/h4-10,18-19H,11-13H2,1-3H3,(H,22,25)/t18-,19-/m1/s1. The molecule has 1 N–H and O–H groups in total. The van der Waals surface area contributed by atoms with Crippen LogP contribution in [0.2, 0.25) is 0 Å². The molecule has 4 rings (SSSR count). The topological polar surface area (TPSA) is 50.4 Å². The number of carbonyl (C=O) groups excluding carboxylic acids is 1. The molecule has 26 heavy (non-hydrogen) atoms. The molecule has 1 saturated heterocycles. The third kappa shape index (κ3) is 3.27. The van der Waals surface area contributed by atoms with Crippen LogP contribution in [0.25, 0.3) is 10.9 Å². The smallest absolute Gasteiger partial charge is 0.217 e. The molecule has 1 fully saturated rings. The summed E-state index contributed by atoms with van der Waals surface area (Å²) < 4.78 is 7.99. The van der Waals surface area contributed by atoms with Gasteiger partial charge in [-0.1, -0.05) is 6.07 Å². The van der Waals surface area contributed by atoms with E-state index in [1.54, 1.807) is 6.92 Å². The lowest BCUT2D eigenvalue weighted by Crippen LogP contribution is -2.38. The van der Waals surface area contributed by atoms with E-state index in [9.17, 15) is 4.79 Å². The van der Waals surface area contributed by atoms with Crippen molar-refractivity contribution in [3.05, 3.63) is 59.7 Å². The molecule has 136 valence electrons. The molecular weight excluding hydrogens is 326 g/mol. The summed E-state index contributed by atoms with van der Waals surface area (Å²) in [6.45, 7) is 6.12. The fourth-order valence-corrected chi connectivity index (χ4v) is 4.05. The zero-order valence-electron chi connectivity index (χ0n) is 15.5. The quantitative estimate of drug-likeness (QED) is 0.785. The van der Waals surface area contributed by atoms with Gasteiger partial charge >= 0.3 is 0 Å². The number of benzene rings is 1. The highest BCUT2D eigenvalue weighted by Gasteiger charge is 2.36. The van der Waals surface area contributed by atoms with E-state index in [0.717, 1.165) is 31.2 Å². The number of hydrogen-bond donors (Lipinski definition) is 1. The average molecular weight is 351 g/mol. The van der Waals surface area contributed by atoms with Gasteiger partial charge in [0.1, 0.15) is 11.5 Å². The second kappa shape index (κ2) is 6.65. The van der Waals surface area contributed by atoms with Crippen molar-refractivity contribution in [3.8, 4) is 0 Å². The number of aryl methyl sites for hydroxylation is 2. The van der Waals surface area contributed by atoms with Gasteiger partial charge in [0.25, 0.3) is 0 Å². The number of amides is 1. The summed E-state index contributed by atoms with van der Waals surface area (Å²) in [4.78, 5) is 14.0. The van der Waals surface area contributed by atoms with Crippen LogP contribution in [0.1, 0.15) is 29.9 Å². The van der Waals surface area contributed by atoms with Crippen molar-refractivity contribution in [3.63, 3.8) is 0 Å². The number of aromatic nitrogens is 1. The van der Waals surface area contributed by atoms with Crippen LogP contribution < -0.4 is 5.32 Å². The maximum Gasteiger partial charge on any atom is 0.217 e. The molecular formula is C21H25N3O2. The monoisotopic (exact) mass is 351 g/mol. The van der Waals surface area contributed by atoms with Gasteiger partial charge in [-0.25, -0.2) is 0 Å². The van der Waals surface area contributed by atoms with Crippen molar-refractivity contribution in [2.75, 3.05) is 13.1 Å². The fourth-order valence-electron chi connectivity index (χ4n) is 4.05. The summed E-state index contributed by atoms with van der Waals surface area (Å²) in [6.07, 6.45) is 2.09. The molecule has 1 aliphatic rings. The van der Waals surface area contributed by atoms with Crippen LogP contribution in [-0.4, -0.2) is 34.5 Å². The molecule has 0 radical (unpaired) electrons. The molecule has 5 heteroatoms. The molecule has 1 amide bonds. The Morgan fingerprint density at radius 2 is 2.08 bits per heavy atom. The van der Waals surface area contributed by atoms with Crippen LogP contribution in [-0.2, 0) is 18.4 Å². The molecule has 3 aromatic rings. The van der Waals surface area contributed by atoms with Crippen LogP contribution >= 0.6 is 0 Å². The molecule has 1 aromatic carbocycles. The summed E-state index contributed by atoms with van der Waals surface area (Å²) in [6, 6.07) is 12.9. The number of furan rings is 1. The molecule has 2 aromatic heterocycles. The van der Waals surface area contributed by atoms with Gasteiger partial charge < -0.3 is 14.3 Å². The fraction of sp³-hybridized carbons (Fsp3) is 0.381. The highest BCUT2D eigenvalue weighted by Crippen LogP contribution is 2.30. The van der Waals surface area contributed by atoms with Gasteiger partial charge in [-0.15, -0.1) is 0 Å².